The van der Waals surface area contributed by atoms with Gasteiger partial charge >= 0.3 is 11.9 Å². The molecule has 0 amide bonds. The highest BCUT2D eigenvalue weighted by Gasteiger charge is 2.37. The summed E-state index contributed by atoms with van der Waals surface area (Å²) in [5, 5.41) is 11.6. The van der Waals surface area contributed by atoms with Crippen LogP contribution in [0.3, 0.4) is 0 Å². The summed E-state index contributed by atoms with van der Waals surface area (Å²) in [5.41, 5.74) is 11.0. The number of rotatable bonds is 2. The van der Waals surface area contributed by atoms with Gasteiger partial charge in [-0.15, -0.1) is 0 Å². The van der Waals surface area contributed by atoms with E-state index in [1.807, 2.05) is 0 Å². The van der Waals surface area contributed by atoms with Gasteiger partial charge in [0.1, 0.15) is 11.5 Å². The van der Waals surface area contributed by atoms with Gasteiger partial charge in [-0.3, -0.25) is 10.6 Å². The van der Waals surface area contributed by atoms with Gasteiger partial charge in [-0.2, -0.15) is 0 Å². The van der Waals surface area contributed by atoms with E-state index in [2.05, 4.69) is 15.0 Å². The maximum Gasteiger partial charge on any atom is 0.354 e. The van der Waals surface area contributed by atoms with Gasteiger partial charge in [-0.05, 0) is 0 Å². The lowest BCUT2D eigenvalue weighted by Gasteiger charge is -2.27. The van der Waals surface area contributed by atoms with Gasteiger partial charge in [0.05, 0.1) is 7.11 Å². The normalized spacial score (nSPS) is 21.9. The van der Waals surface area contributed by atoms with E-state index in [4.69, 9.17) is 16.6 Å². The van der Waals surface area contributed by atoms with Crippen LogP contribution in [0.25, 0.3) is 0 Å². The van der Waals surface area contributed by atoms with E-state index < -0.39 is 18.2 Å². The molecule has 0 saturated heterocycles. The Morgan fingerprint density at radius 1 is 1.61 bits per heavy atom. The highest BCUT2D eigenvalue weighted by Crippen LogP contribution is 2.26. The molecule has 0 bridgehead atoms. The maximum atomic E-state index is 11.6. The molecule has 96 valence electrons. The minimum Gasteiger partial charge on any atom is -0.477 e. The summed E-state index contributed by atoms with van der Waals surface area (Å²) in [5.74, 6) is -1.83. The number of aliphatic carboxylic acids is 1. The Labute approximate surface area is 101 Å². The zero-order chi connectivity index (χ0) is 13.4. The number of esters is 1. The molecule has 18 heavy (non-hydrogen) atoms. The molecule has 2 aliphatic heterocycles. The first-order valence-corrected chi connectivity index (χ1v) is 4.88. The monoisotopic (exact) mass is 253 g/mol. The number of nitrogens with two attached hydrogens (primary N) is 2. The van der Waals surface area contributed by atoms with Crippen molar-refractivity contribution >= 4 is 17.7 Å². The molecule has 9 nitrogen and oxygen atoms in total. The molecule has 1 unspecified atom stereocenters. The average molecular weight is 253 g/mol. The third-order valence-corrected chi connectivity index (χ3v) is 2.42. The second-order valence-corrected chi connectivity index (χ2v) is 3.52. The van der Waals surface area contributed by atoms with E-state index in [1.165, 1.54) is 12.0 Å². The number of methoxy groups -OCH3 is 1. The van der Waals surface area contributed by atoms with Crippen molar-refractivity contribution in [3.8, 4) is 0 Å². The van der Waals surface area contributed by atoms with Crippen molar-refractivity contribution in [3.05, 3.63) is 23.4 Å². The molecule has 0 spiro atoms. The van der Waals surface area contributed by atoms with Gasteiger partial charge in [0.25, 0.3) is 0 Å². The van der Waals surface area contributed by atoms with E-state index in [-0.39, 0.29) is 23.1 Å². The van der Waals surface area contributed by atoms with E-state index in [9.17, 15) is 9.59 Å². The highest BCUT2D eigenvalue weighted by atomic mass is 16.5. The molecular weight excluding hydrogens is 242 g/mol. The zero-order valence-electron chi connectivity index (χ0n) is 9.38. The molecule has 0 radical (unpaired) electrons. The van der Waals surface area contributed by atoms with Crippen LogP contribution in [0.5, 0.6) is 0 Å². The van der Waals surface area contributed by atoms with Gasteiger partial charge < -0.3 is 20.9 Å². The lowest BCUT2D eigenvalue weighted by Crippen LogP contribution is -2.47. The van der Waals surface area contributed by atoms with Crippen LogP contribution in [0, 0.1) is 0 Å². The third kappa shape index (κ3) is 1.66. The van der Waals surface area contributed by atoms with Crippen LogP contribution in [0.2, 0.25) is 0 Å². The molecule has 2 aliphatic rings. The number of fused-ring (bicyclic) bond motifs is 1. The fraction of sp³-hybridized carbons (Fsp3) is 0.222. The van der Waals surface area contributed by atoms with Gasteiger partial charge in [-0.1, -0.05) is 0 Å². The molecular formula is C9H11N5O4. The van der Waals surface area contributed by atoms with Gasteiger partial charge in [-0.25, -0.2) is 14.6 Å². The second kappa shape index (κ2) is 4.04. The minimum absolute atomic E-state index is 0.0413. The highest BCUT2D eigenvalue weighted by molar-refractivity contribution is 6.41. The summed E-state index contributed by atoms with van der Waals surface area (Å²) < 4.78 is 4.57. The average Bonchev–Trinajstić information content (AvgIpc) is 2.63. The molecule has 0 aromatic rings. The Hall–Kier alpha value is -2.55. The van der Waals surface area contributed by atoms with Crippen molar-refractivity contribution in [2.75, 3.05) is 7.11 Å². The standard InChI is InChI=1S/C9H11N5O4/c1-18-8(17)4-2-3(7(15)16)12-6-5(10)13-9(11)14(4)6/h2,9,13H,10-11H2,1H3,(H,15,16). The lowest BCUT2D eigenvalue weighted by molar-refractivity contribution is -0.138. The molecule has 2 heterocycles. The lowest BCUT2D eigenvalue weighted by atomic mass is 10.2. The number of nitrogens with one attached hydrogen (secondary N) is 1. The maximum absolute atomic E-state index is 11.6. The zero-order valence-corrected chi connectivity index (χ0v) is 9.38. The first-order valence-electron chi connectivity index (χ1n) is 4.88. The number of carboxylic acid groups (broad SMARTS) is 1. The van der Waals surface area contributed by atoms with Crippen molar-refractivity contribution in [1.82, 2.24) is 10.2 Å². The number of carboxylic acids is 1. The summed E-state index contributed by atoms with van der Waals surface area (Å²) in [7, 11) is 1.18. The minimum atomic E-state index is -1.28. The largest absolute Gasteiger partial charge is 0.477 e. The molecule has 0 saturated carbocycles. The number of hydrogen-bond donors (Lipinski definition) is 4. The van der Waals surface area contributed by atoms with Gasteiger partial charge in [0, 0.05) is 6.08 Å². The predicted molar refractivity (Wildman–Crippen MR) is 59.3 cm³/mol. The SMILES string of the molecule is COC(=O)C1=CC(C(=O)O)=NC2=C(N)NC(N)N12. The van der Waals surface area contributed by atoms with E-state index in [1.54, 1.807) is 0 Å². The summed E-state index contributed by atoms with van der Waals surface area (Å²) in [6.07, 6.45) is 0.280. The Balaban J connectivity index is 2.53. The van der Waals surface area contributed by atoms with Crippen molar-refractivity contribution in [3.63, 3.8) is 0 Å². The molecule has 1 atom stereocenters. The first kappa shape index (κ1) is 11.9. The van der Waals surface area contributed by atoms with Crippen LogP contribution in [0.15, 0.2) is 28.4 Å². The Kier molecular flexibility index (Phi) is 2.67. The molecule has 0 aliphatic carbocycles. The van der Waals surface area contributed by atoms with Crippen molar-refractivity contribution in [2.24, 2.45) is 16.5 Å². The fourth-order valence-electron chi connectivity index (χ4n) is 1.64. The van der Waals surface area contributed by atoms with Crippen LogP contribution < -0.4 is 16.8 Å². The van der Waals surface area contributed by atoms with Crippen molar-refractivity contribution in [2.45, 2.75) is 6.29 Å². The number of hydrogen-bond acceptors (Lipinski definition) is 8. The Morgan fingerprint density at radius 2 is 2.28 bits per heavy atom. The van der Waals surface area contributed by atoms with Crippen LogP contribution in [0.1, 0.15) is 0 Å². The van der Waals surface area contributed by atoms with Crippen LogP contribution in [0.4, 0.5) is 0 Å². The summed E-state index contributed by atoms with van der Waals surface area (Å²) in [6.45, 7) is 0. The van der Waals surface area contributed by atoms with Crippen LogP contribution >= 0.6 is 0 Å². The number of ether oxygens (including phenoxy) is 1. The Bertz CT molecular complexity index is 521. The number of nitrogens with zero attached hydrogens (tertiary/aromatic N) is 2. The van der Waals surface area contributed by atoms with Crippen LogP contribution in [-0.2, 0) is 14.3 Å². The topological polar surface area (TPSA) is 143 Å². The summed E-state index contributed by atoms with van der Waals surface area (Å²) in [4.78, 5) is 27.6. The molecule has 6 N–H and O–H groups in total. The van der Waals surface area contributed by atoms with E-state index in [0.717, 1.165) is 6.08 Å². The molecule has 0 aromatic carbocycles. The quantitative estimate of drug-likeness (QED) is 0.406. The van der Waals surface area contributed by atoms with E-state index in [0.29, 0.717) is 0 Å². The Morgan fingerprint density at radius 3 is 2.83 bits per heavy atom. The van der Waals surface area contributed by atoms with Gasteiger partial charge in [0.15, 0.2) is 17.8 Å². The summed E-state index contributed by atoms with van der Waals surface area (Å²) >= 11 is 0. The van der Waals surface area contributed by atoms with E-state index >= 15 is 0 Å². The van der Waals surface area contributed by atoms with Crippen molar-refractivity contribution in [1.29, 1.82) is 0 Å². The summed E-state index contributed by atoms with van der Waals surface area (Å²) in [6, 6.07) is 0. The molecule has 9 heteroatoms. The van der Waals surface area contributed by atoms with Crippen LogP contribution in [-0.4, -0.2) is 41.1 Å². The predicted octanol–water partition coefficient (Wildman–Crippen LogP) is -2.18. The first-order chi connectivity index (χ1) is 8.45. The number of carbonyl (C=O) groups excluding carboxylic acids is 1. The molecule has 2 rings (SSSR count). The second-order valence-electron chi connectivity index (χ2n) is 3.52. The fourth-order valence-corrected chi connectivity index (χ4v) is 1.64. The van der Waals surface area contributed by atoms with Crippen molar-refractivity contribution < 1.29 is 19.4 Å². The van der Waals surface area contributed by atoms with Gasteiger partial charge in [0.2, 0.25) is 0 Å². The smallest absolute Gasteiger partial charge is 0.354 e. The molecule has 0 fully saturated rings. The molecule has 0 aromatic heterocycles. The number of carbonyl (C=O) groups is 2. The number of aliphatic imine (C=N–C) groups is 1. The third-order valence-electron chi connectivity index (χ3n) is 2.42.